The lowest BCUT2D eigenvalue weighted by Crippen LogP contribution is -2.29. The lowest BCUT2D eigenvalue weighted by atomic mass is 10.1. The number of fused-ring (bicyclic) bond motifs is 1. The molecule has 0 atom stereocenters. The van der Waals surface area contributed by atoms with Gasteiger partial charge in [0.05, 0.1) is 0 Å². The summed E-state index contributed by atoms with van der Waals surface area (Å²) in [5, 5.41) is 2.52. The summed E-state index contributed by atoms with van der Waals surface area (Å²) in [6.45, 7) is 2.40. The van der Waals surface area contributed by atoms with Crippen molar-refractivity contribution in [3.8, 4) is 0 Å². The molecular formula is C14H16N2. The highest BCUT2D eigenvalue weighted by atomic mass is 15.1. The largest absolute Gasteiger partial charge is 0.372 e. The van der Waals surface area contributed by atoms with Crippen molar-refractivity contribution < 1.29 is 0 Å². The van der Waals surface area contributed by atoms with Crippen LogP contribution < -0.4 is 4.90 Å². The molecule has 1 aliphatic heterocycles. The molecule has 2 heterocycles. The highest BCUT2D eigenvalue weighted by Crippen LogP contribution is 2.24. The van der Waals surface area contributed by atoms with Crippen LogP contribution in [0.15, 0.2) is 36.7 Å². The fourth-order valence-corrected chi connectivity index (χ4v) is 2.42. The van der Waals surface area contributed by atoms with Gasteiger partial charge in [0.1, 0.15) is 0 Å². The number of aromatic nitrogens is 1. The minimum absolute atomic E-state index is 1.20. The van der Waals surface area contributed by atoms with E-state index >= 15 is 0 Å². The first-order chi connectivity index (χ1) is 7.93. The van der Waals surface area contributed by atoms with Crippen molar-refractivity contribution in [2.75, 3.05) is 18.0 Å². The Morgan fingerprint density at radius 3 is 2.69 bits per heavy atom. The predicted octanol–water partition coefficient (Wildman–Crippen LogP) is 3.23. The second-order valence-electron chi connectivity index (χ2n) is 4.45. The maximum absolute atomic E-state index is 4.18. The first kappa shape index (κ1) is 9.64. The quantitative estimate of drug-likeness (QED) is 0.721. The lowest BCUT2D eigenvalue weighted by molar-refractivity contribution is 0.578. The van der Waals surface area contributed by atoms with Gasteiger partial charge in [-0.1, -0.05) is 6.07 Å². The van der Waals surface area contributed by atoms with E-state index in [2.05, 4.69) is 34.1 Å². The van der Waals surface area contributed by atoms with Crippen molar-refractivity contribution in [1.29, 1.82) is 0 Å². The van der Waals surface area contributed by atoms with Gasteiger partial charge in [-0.3, -0.25) is 4.98 Å². The van der Waals surface area contributed by atoms with Crippen molar-refractivity contribution in [1.82, 2.24) is 4.98 Å². The fraction of sp³-hybridized carbons (Fsp3) is 0.357. The molecule has 0 amide bonds. The van der Waals surface area contributed by atoms with Crippen LogP contribution in [0.3, 0.4) is 0 Å². The number of hydrogen-bond acceptors (Lipinski definition) is 2. The highest BCUT2D eigenvalue weighted by Gasteiger charge is 2.10. The zero-order valence-corrected chi connectivity index (χ0v) is 9.39. The molecule has 1 aromatic heterocycles. The standard InChI is InChI=1S/C14H16N2/c1-2-8-16(9-3-1)14-5-4-12-6-7-15-11-13(12)10-14/h4-7,10-11H,1-3,8-9H2. The summed E-state index contributed by atoms with van der Waals surface area (Å²) in [6.07, 6.45) is 7.83. The van der Waals surface area contributed by atoms with Gasteiger partial charge in [-0.15, -0.1) is 0 Å². The lowest BCUT2D eigenvalue weighted by Gasteiger charge is -2.29. The topological polar surface area (TPSA) is 16.1 Å². The number of anilines is 1. The Kier molecular flexibility index (Phi) is 2.49. The van der Waals surface area contributed by atoms with E-state index in [4.69, 9.17) is 0 Å². The summed E-state index contributed by atoms with van der Waals surface area (Å²) in [5.41, 5.74) is 1.35. The maximum Gasteiger partial charge on any atom is 0.0373 e. The molecule has 1 saturated heterocycles. The molecule has 0 unspecified atom stereocenters. The van der Waals surface area contributed by atoms with Gasteiger partial charge in [-0.2, -0.15) is 0 Å². The SMILES string of the molecule is c1cc2ccc(N3CCCCC3)cc2cn1. The smallest absolute Gasteiger partial charge is 0.0373 e. The molecule has 2 nitrogen and oxygen atoms in total. The van der Waals surface area contributed by atoms with E-state index in [-0.39, 0.29) is 0 Å². The van der Waals surface area contributed by atoms with E-state index in [9.17, 15) is 0 Å². The van der Waals surface area contributed by atoms with Crippen molar-refractivity contribution in [2.45, 2.75) is 19.3 Å². The molecule has 2 heteroatoms. The van der Waals surface area contributed by atoms with Crippen LogP contribution in [0.25, 0.3) is 10.8 Å². The molecule has 2 aromatic rings. The molecule has 3 rings (SSSR count). The maximum atomic E-state index is 4.18. The number of rotatable bonds is 1. The van der Waals surface area contributed by atoms with Gasteiger partial charge < -0.3 is 4.90 Å². The summed E-state index contributed by atoms with van der Waals surface area (Å²) >= 11 is 0. The number of hydrogen-bond donors (Lipinski definition) is 0. The van der Waals surface area contributed by atoms with E-state index in [1.54, 1.807) is 0 Å². The van der Waals surface area contributed by atoms with Crippen molar-refractivity contribution in [2.24, 2.45) is 0 Å². The zero-order valence-electron chi connectivity index (χ0n) is 9.39. The molecule has 0 aliphatic carbocycles. The summed E-state index contributed by atoms with van der Waals surface area (Å²) in [4.78, 5) is 6.66. The van der Waals surface area contributed by atoms with Crippen LogP contribution in [-0.4, -0.2) is 18.1 Å². The Labute approximate surface area is 95.9 Å². The zero-order chi connectivity index (χ0) is 10.8. The minimum atomic E-state index is 1.20. The summed E-state index contributed by atoms with van der Waals surface area (Å²) in [5.74, 6) is 0. The van der Waals surface area contributed by atoms with Gasteiger partial charge in [-0.05, 0) is 42.8 Å². The summed E-state index contributed by atoms with van der Waals surface area (Å²) in [6, 6.07) is 8.75. The molecule has 1 aliphatic rings. The number of nitrogens with zero attached hydrogens (tertiary/aromatic N) is 2. The van der Waals surface area contributed by atoms with Crippen LogP contribution >= 0.6 is 0 Å². The van der Waals surface area contributed by atoms with Gasteiger partial charge in [-0.25, -0.2) is 0 Å². The van der Waals surface area contributed by atoms with Gasteiger partial charge in [0, 0.05) is 36.6 Å². The van der Waals surface area contributed by atoms with Crippen molar-refractivity contribution >= 4 is 16.5 Å². The Balaban J connectivity index is 1.97. The third-order valence-corrected chi connectivity index (χ3v) is 3.35. The highest BCUT2D eigenvalue weighted by molar-refractivity contribution is 5.85. The van der Waals surface area contributed by atoms with E-state index in [1.807, 2.05) is 12.4 Å². The normalized spacial score (nSPS) is 16.6. The van der Waals surface area contributed by atoms with Gasteiger partial charge in [0.2, 0.25) is 0 Å². The fourth-order valence-electron chi connectivity index (χ4n) is 2.42. The Morgan fingerprint density at radius 1 is 0.938 bits per heavy atom. The van der Waals surface area contributed by atoms with Crippen LogP contribution in [-0.2, 0) is 0 Å². The third kappa shape index (κ3) is 1.75. The first-order valence-electron chi connectivity index (χ1n) is 6.02. The van der Waals surface area contributed by atoms with Crippen molar-refractivity contribution in [3.63, 3.8) is 0 Å². The molecule has 82 valence electrons. The molecule has 0 N–H and O–H groups in total. The van der Waals surface area contributed by atoms with Crippen LogP contribution in [0.5, 0.6) is 0 Å². The average molecular weight is 212 g/mol. The van der Waals surface area contributed by atoms with Gasteiger partial charge >= 0.3 is 0 Å². The molecule has 0 spiro atoms. The van der Waals surface area contributed by atoms with E-state index in [0.717, 1.165) is 0 Å². The molecule has 1 fully saturated rings. The molecule has 16 heavy (non-hydrogen) atoms. The van der Waals surface area contributed by atoms with Crippen LogP contribution in [0.4, 0.5) is 5.69 Å². The monoisotopic (exact) mass is 212 g/mol. The molecular weight excluding hydrogens is 196 g/mol. The van der Waals surface area contributed by atoms with Crippen LogP contribution in [0.2, 0.25) is 0 Å². The molecule has 0 saturated carbocycles. The number of benzene rings is 1. The summed E-state index contributed by atoms with van der Waals surface area (Å²) < 4.78 is 0. The van der Waals surface area contributed by atoms with Crippen molar-refractivity contribution in [3.05, 3.63) is 36.7 Å². The Hall–Kier alpha value is -1.57. The second kappa shape index (κ2) is 4.12. The molecule has 0 radical (unpaired) electrons. The van der Waals surface area contributed by atoms with Crippen LogP contribution in [0, 0.1) is 0 Å². The predicted molar refractivity (Wildman–Crippen MR) is 67.8 cm³/mol. The van der Waals surface area contributed by atoms with Crippen LogP contribution in [0.1, 0.15) is 19.3 Å². The van der Waals surface area contributed by atoms with E-state index < -0.39 is 0 Å². The molecule has 1 aromatic carbocycles. The van der Waals surface area contributed by atoms with E-state index in [0.29, 0.717) is 0 Å². The van der Waals surface area contributed by atoms with Gasteiger partial charge in [0.25, 0.3) is 0 Å². The Bertz CT molecular complexity index is 487. The first-order valence-corrected chi connectivity index (χ1v) is 6.02. The molecule has 0 bridgehead atoms. The van der Waals surface area contributed by atoms with Gasteiger partial charge in [0.15, 0.2) is 0 Å². The number of piperidine rings is 1. The number of pyridine rings is 1. The summed E-state index contributed by atoms with van der Waals surface area (Å²) in [7, 11) is 0. The van der Waals surface area contributed by atoms with E-state index in [1.165, 1.54) is 48.8 Å². The minimum Gasteiger partial charge on any atom is -0.372 e. The second-order valence-corrected chi connectivity index (χ2v) is 4.45. The Morgan fingerprint density at radius 2 is 1.81 bits per heavy atom. The average Bonchev–Trinajstić information content (AvgIpc) is 2.39. The third-order valence-electron chi connectivity index (χ3n) is 3.35.